The second-order valence-corrected chi connectivity index (χ2v) is 4.92. The first-order valence-electron chi connectivity index (χ1n) is 7.02. The SMILES string of the molecule is CCCNCc1cnoc1-c1ccc2ccccc2c1. The van der Waals surface area contributed by atoms with E-state index in [1.165, 1.54) is 10.8 Å². The fraction of sp³-hybridized carbons (Fsp3) is 0.235. The molecule has 0 spiro atoms. The molecule has 1 N–H and O–H groups in total. The summed E-state index contributed by atoms with van der Waals surface area (Å²) >= 11 is 0. The third kappa shape index (κ3) is 2.58. The molecule has 0 radical (unpaired) electrons. The monoisotopic (exact) mass is 266 g/mol. The van der Waals surface area contributed by atoms with Gasteiger partial charge in [0.15, 0.2) is 5.76 Å². The summed E-state index contributed by atoms with van der Waals surface area (Å²) in [6.45, 7) is 3.95. The van der Waals surface area contributed by atoms with Crippen LogP contribution < -0.4 is 5.32 Å². The molecule has 0 amide bonds. The van der Waals surface area contributed by atoms with Crippen LogP contribution in [0.2, 0.25) is 0 Å². The molecule has 0 saturated carbocycles. The molecule has 102 valence electrons. The van der Waals surface area contributed by atoms with Crippen LogP contribution in [0.3, 0.4) is 0 Å². The van der Waals surface area contributed by atoms with Crippen LogP contribution in [0.4, 0.5) is 0 Å². The molecule has 1 heterocycles. The molecule has 0 unspecified atom stereocenters. The molecule has 0 aliphatic carbocycles. The largest absolute Gasteiger partial charge is 0.356 e. The van der Waals surface area contributed by atoms with Crippen LogP contribution in [0.25, 0.3) is 22.1 Å². The van der Waals surface area contributed by atoms with E-state index < -0.39 is 0 Å². The minimum absolute atomic E-state index is 0.791. The second-order valence-electron chi connectivity index (χ2n) is 4.92. The topological polar surface area (TPSA) is 38.1 Å². The van der Waals surface area contributed by atoms with Gasteiger partial charge in [-0.25, -0.2) is 0 Å². The normalized spacial score (nSPS) is 11.1. The van der Waals surface area contributed by atoms with Crippen molar-refractivity contribution < 1.29 is 4.52 Å². The summed E-state index contributed by atoms with van der Waals surface area (Å²) < 4.78 is 5.44. The Morgan fingerprint density at radius 1 is 1.10 bits per heavy atom. The van der Waals surface area contributed by atoms with Crippen molar-refractivity contribution in [1.29, 1.82) is 0 Å². The first-order chi connectivity index (χ1) is 9.88. The molecule has 0 fully saturated rings. The van der Waals surface area contributed by atoms with Gasteiger partial charge < -0.3 is 9.84 Å². The predicted octanol–water partition coefficient (Wildman–Crippen LogP) is 3.99. The van der Waals surface area contributed by atoms with E-state index in [0.29, 0.717) is 0 Å². The van der Waals surface area contributed by atoms with E-state index in [1.807, 2.05) is 0 Å². The van der Waals surface area contributed by atoms with Crippen LogP contribution in [-0.2, 0) is 6.54 Å². The van der Waals surface area contributed by atoms with Gasteiger partial charge in [0, 0.05) is 17.7 Å². The van der Waals surface area contributed by atoms with E-state index in [-0.39, 0.29) is 0 Å². The summed E-state index contributed by atoms with van der Waals surface area (Å²) in [6, 6.07) is 14.7. The highest BCUT2D eigenvalue weighted by molar-refractivity contribution is 5.86. The number of benzene rings is 2. The van der Waals surface area contributed by atoms with Gasteiger partial charge in [-0.05, 0) is 29.8 Å². The Balaban J connectivity index is 1.92. The number of rotatable bonds is 5. The molecule has 0 saturated heterocycles. The molecule has 1 aromatic heterocycles. The third-order valence-electron chi connectivity index (χ3n) is 3.40. The van der Waals surface area contributed by atoms with Crippen LogP contribution in [0.5, 0.6) is 0 Å². The van der Waals surface area contributed by atoms with Crippen molar-refractivity contribution in [3.8, 4) is 11.3 Å². The number of hydrogen-bond acceptors (Lipinski definition) is 3. The molecule has 0 aliphatic rings. The first-order valence-corrected chi connectivity index (χ1v) is 7.02. The fourth-order valence-corrected chi connectivity index (χ4v) is 2.35. The van der Waals surface area contributed by atoms with Crippen molar-refractivity contribution in [3.05, 3.63) is 54.2 Å². The Hall–Kier alpha value is -2.13. The quantitative estimate of drug-likeness (QED) is 0.709. The molecule has 3 rings (SSSR count). The van der Waals surface area contributed by atoms with Crippen LogP contribution in [0.15, 0.2) is 53.2 Å². The highest BCUT2D eigenvalue weighted by Crippen LogP contribution is 2.27. The standard InChI is InChI=1S/C17H18N2O/c1-2-9-18-11-16-12-19-20-17(16)15-8-7-13-5-3-4-6-14(13)10-15/h3-8,10,12,18H,2,9,11H2,1H3. The van der Waals surface area contributed by atoms with Gasteiger partial charge in [-0.1, -0.05) is 48.5 Å². The molecular formula is C17H18N2O. The lowest BCUT2D eigenvalue weighted by atomic mass is 10.0. The number of nitrogens with one attached hydrogen (secondary N) is 1. The van der Waals surface area contributed by atoms with E-state index in [4.69, 9.17) is 4.52 Å². The summed E-state index contributed by atoms with van der Waals surface area (Å²) in [7, 11) is 0. The highest BCUT2D eigenvalue weighted by atomic mass is 16.5. The van der Waals surface area contributed by atoms with Gasteiger partial charge in [-0.15, -0.1) is 0 Å². The Labute approximate surface area is 118 Å². The summed E-state index contributed by atoms with van der Waals surface area (Å²) in [4.78, 5) is 0. The summed E-state index contributed by atoms with van der Waals surface area (Å²) in [6.07, 6.45) is 2.92. The van der Waals surface area contributed by atoms with Gasteiger partial charge in [-0.3, -0.25) is 0 Å². The smallest absolute Gasteiger partial charge is 0.171 e. The second kappa shape index (κ2) is 5.88. The molecule has 2 aromatic carbocycles. The average molecular weight is 266 g/mol. The van der Waals surface area contributed by atoms with E-state index >= 15 is 0 Å². The van der Waals surface area contributed by atoms with E-state index in [0.717, 1.165) is 36.4 Å². The molecule has 0 aliphatic heterocycles. The van der Waals surface area contributed by atoms with Gasteiger partial charge in [0.05, 0.1) is 6.20 Å². The van der Waals surface area contributed by atoms with Crippen molar-refractivity contribution in [3.63, 3.8) is 0 Å². The minimum atomic E-state index is 0.791. The molecule has 0 atom stereocenters. The molecule has 3 heteroatoms. The lowest BCUT2D eigenvalue weighted by Gasteiger charge is -2.04. The maximum absolute atomic E-state index is 5.44. The molecular weight excluding hydrogens is 248 g/mol. The summed E-state index contributed by atoms with van der Waals surface area (Å²) in [5.41, 5.74) is 2.18. The van der Waals surface area contributed by atoms with Crippen LogP contribution in [0, 0.1) is 0 Å². The van der Waals surface area contributed by atoms with Crippen molar-refractivity contribution in [2.24, 2.45) is 0 Å². The number of nitrogens with zero attached hydrogens (tertiary/aromatic N) is 1. The van der Waals surface area contributed by atoms with Crippen molar-refractivity contribution >= 4 is 10.8 Å². The lowest BCUT2D eigenvalue weighted by Crippen LogP contribution is -2.13. The average Bonchev–Trinajstić information content (AvgIpc) is 2.95. The van der Waals surface area contributed by atoms with Gasteiger partial charge >= 0.3 is 0 Å². The van der Waals surface area contributed by atoms with Gasteiger partial charge in [0.25, 0.3) is 0 Å². The molecule has 0 bridgehead atoms. The maximum Gasteiger partial charge on any atom is 0.171 e. The van der Waals surface area contributed by atoms with Gasteiger partial charge in [0.1, 0.15) is 0 Å². The Bertz CT molecular complexity index is 703. The molecule has 3 aromatic rings. The Morgan fingerprint density at radius 2 is 1.95 bits per heavy atom. The molecule has 3 nitrogen and oxygen atoms in total. The van der Waals surface area contributed by atoms with Crippen LogP contribution in [0.1, 0.15) is 18.9 Å². The maximum atomic E-state index is 5.44. The Morgan fingerprint density at radius 3 is 2.80 bits per heavy atom. The van der Waals surface area contributed by atoms with E-state index in [1.54, 1.807) is 6.20 Å². The highest BCUT2D eigenvalue weighted by Gasteiger charge is 2.10. The zero-order chi connectivity index (χ0) is 13.8. The zero-order valence-corrected chi connectivity index (χ0v) is 11.6. The van der Waals surface area contributed by atoms with Gasteiger partial charge in [0.2, 0.25) is 0 Å². The fourth-order valence-electron chi connectivity index (χ4n) is 2.35. The van der Waals surface area contributed by atoms with E-state index in [2.05, 4.69) is 59.9 Å². The van der Waals surface area contributed by atoms with Gasteiger partial charge in [-0.2, -0.15) is 0 Å². The van der Waals surface area contributed by atoms with Crippen molar-refractivity contribution in [2.75, 3.05) is 6.54 Å². The number of fused-ring (bicyclic) bond motifs is 1. The van der Waals surface area contributed by atoms with Crippen LogP contribution in [-0.4, -0.2) is 11.7 Å². The van der Waals surface area contributed by atoms with Crippen molar-refractivity contribution in [2.45, 2.75) is 19.9 Å². The number of aromatic nitrogens is 1. The summed E-state index contributed by atoms with van der Waals surface area (Å²) in [5, 5.41) is 9.78. The van der Waals surface area contributed by atoms with E-state index in [9.17, 15) is 0 Å². The summed E-state index contributed by atoms with van der Waals surface area (Å²) in [5.74, 6) is 0.861. The van der Waals surface area contributed by atoms with Crippen LogP contribution >= 0.6 is 0 Å². The first kappa shape index (κ1) is 12.9. The third-order valence-corrected chi connectivity index (χ3v) is 3.40. The predicted molar refractivity (Wildman–Crippen MR) is 81.4 cm³/mol. The molecule has 20 heavy (non-hydrogen) atoms. The Kier molecular flexibility index (Phi) is 3.79. The zero-order valence-electron chi connectivity index (χ0n) is 11.6. The lowest BCUT2D eigenvalue weighted by molar-refractivity contribution is 0.431. The minimum Gasteiger partial charge on any atom is -0.356 e. The van der Waals surface area contributed by atoms with Crippen molar-refractivity contribution in [1.82, 2.24) is 10.5 Å². The number of hydrogen-bond donors (Lipinski definition) is 1.